The molecule has 1 fully saturated rings. The first-order valence-corrected chi connectivity index (χ1v) is 10.3. The molecule has 0 spiro atoms. The van der Waals surface area contributed by atoms with Gasteiger partial charge >= 0.3 is 0 Å². The second-order valence-corrected chi connectivity index (χ2v) is 7.75. The van der Waals surface area contributed by atoms with E-state index in [-0.39, 0.29) is 0 Å². The number of piperazine rings is 1. The van der Waals surface area contributed by atoms with Gasteiger partial charge in [0.05, 0.1) is 6.54 Å². The highest BCUT2D eigenvalue weighted by molar-refractivity contribution is 5.28. The fourth-order valence-electron chi connectivity index (χ4n) is 3.58. The number of β-amino-alcohol motifs (C(OH)–C–C–N with tert-alkyl or cyclic N) is 1. The van der Waals surface area contributed by atoms with Crippen LogP contribution in [0.5, 0.6) is 5.75 Å². The number of benzene rings is 1. The highest BCUT2D eigenvalue weighted by Gasteiger charge is 2.18. The molecule has 8 heteroatoms. The molecule has 1 aromatic carbocycles. The van der Waals surface area contributed by atoms with Crippen LogP contribution < -0.4 is 4.74 Å². The van der Waals surface area contributed by atoms with E-state index in [0.29, 0.717) is 31.4 Å². The molecule has 0 radical (unpaired) electrons. The molecule has 0 aliphatic carbocycles. The van der Waals surface area contributed by atoms with Gasteiger partial charge in [0.2, 0.25) is 5.89 Å². The third-order valence-corrected chi connectivity index (χ3v) is 5.16. The SMILES string of the molecule is CCN1CCN(C[C@H](O)COc2cccc(CN(C)Cc3noc(C)n3)c2)CC1. The van der Waals surface area contributed by atoms with Gasteiger partial charge in [-0.1, -0.05) is 24.2 Å². The Balaban J connectivity index is 1.42. The zero-order valence-electron chi connectivity index (χ0n) is 17.8. The van der Waals surface area contributed by atoms with E-state index < -0.39 is 6.10 Å². The van der Waals surface area contributed by atoms with Crippen LogP contribution >= 0.6 is 0 Å². The largest absolute Gasteiger partial charge is 0.491 e. The fourth-order valence-corrected chi connectivity index (χ4v) is 3.58. The minimum Gasteiger partial charge on any atom is -0.491 e. The van der Waals surface area contributed by atoms with E-state index in [9.17, 15) is 5.11 Å². The van der Waals surface area contributed by atoms with Gasteiger partial charge in [0.25, 0.3) is 0 Å². The monoisotopic (exact) mass is 403 g/mol. The van der Waals surface area contributed by atoms with Gasteiger partial charge in [-0.25, -0.2) is 0 Å². The number of likely N-dealkylation sites (N-methyl/N-ethyl adjacent to an activating group) is 1. The van der Waals surface area contributed by atoms with Crippen molar-refractivity contribution in [2.24, 2.45) is 0 Å². The van der Waals surface area contributed by atoms with E-state index in [1.807, 2.05) is 25.2 Å². The van der Waals surface area contributed by atoms with Crippen molar-refractivity contribution in [1.29, 1.82) is 0 Å². The number of nitrogens with zero attached hydrogens (tertiary/aromatic N) is 5. The Morgan fingerprint density at radius 3 is 2.66 bits per heavy atom. The quantitative estimate of drug-likeness (QED) is 0.638. The van der Waals surface area contributed by atoms with Crippen molar-refractivity contribution in [3.05, 3.63) is 41.5 Å². The number of aryl methyl sites for hydroxylation is 1. The average Bonchev–Trinajstić information content (AvgIpc) is 3.11. The highest BCUT2D eigenvalue weighted by atomic mass is 16.5. The molecule has 2 aromatic rings. The van der Waals surface area contributed by atoms with Gasteiger partial charge in [-0.3, -0.25) is 9.80 Å². The van der Waals surface area contributed by atoms with Crippen molar-refractivity contribution in [1.82, 2.24) is 24.8 Å². The first-order chi connectivity index (χ1) is 14.0. The van der Waals surface area contributed by atoms with Gasteiger partial charge in [0, 0.05) is 46.2 Å². The van der Waals surface area contributed by atoms with E-state index in [1.165, 1.54) is 0 Å². The summed E-state index contributed by atoms with van der Waals surface area (Å²) >= 11 is 0. The lowest BCUT2D eigenvalue weighted by Crippen LogP contribution is -2.49. The number of hydrogen-bond acceptors (Lipinski definition) is 8. The Hall–Kier alpha value is -2.00. The summed E-state index contributed by atoms with van der Waals surface area (Å²) in [4.78, 5) is 11.1. The van der Waals surface area contributed by atoms with Crippen LogP contribution in [0.4, 0.5) is 0 Å². The van der Waals surface area contributed by atoms with Gasteiger partial charge in [-0.2, -0.15) is 4.98 Å². The second-order valence-electron chi connectivity index (χ2n) is 7.75. The molecule has 8 nitrogen and oxygen atoms in total. The van der Waals surface area contributed by atoms with Crippen molar-refractivity contribution < 1.29 is 14.4 Å². The summed E-state index contributed by atoms with van der Waals surface area (Å²) in [5.74, 6) is 2.04. The molecule has 1 N–H and O–H groups in total. The fraction of sp³-hybridized carbons (Fsp3) is 0.619. The lowest BCUT2D eigenvalue weighted by Gasteiger charge is -2.34. The van der Waals surface area contributed by atoms with Crippen LogP contribution in [0.1, 0.15) is 24.2 Å². The van der Waals surface area contributed by atoms with Crippen LogP contribution in [0.2, 0.25) is 0 Å². The summed E-state index contributed by atoms with van der Waals surface area (Å²) in [5, 5.41) is 14.3. The Labute approximate surface area is 173 Å². The summed E-state index contributed by atoms with van der Waals surface area (Å²) in [6.07, 6.45) is -0.490. The zero-order valence-corrected chi connectivity index (χ0v) is 17.8. The Bertz CT molecular complexity index is 745. The molecule has 160 valence electrons. The molecule has 0 bridgehead atoms. The Morgan fingerprint density at radius 1 is 1.21 bits per heavy atom. The first-order valence-electron chi connectivity index (χ1n) is 10.3. The smallest absolute Gasteiger partial charge is 0.223 e. The van der Waals surface area contributed by atoms with Crippen LogP contribution in [0, 0.1) is 6.92 Å². The summed E-state index contributed by atoms with van der Waals surface area (Å²) in [7, 11) is 2.02. The van der Waals surface area contributed by atoms with Crippen molar-refractivity contribution >= 4 is 0 Å². The van der Waals surface area contributed by atoms with Gasteiger partial charge in [-0.15, -0.1) is 0 Å². The molecule has 1 saturated heterocycles. The van der Waals surface area contributed by atoms with Crippen molar-refractivity contribution in [3.8, 4) is 5.75 Å². The van der Waals surface area contributed by atoms with Crippen molar-refractivity contribution in [2.45, 2.75) is 33.0 Å². The third kappa shape index (κ3) is 7.08. The molecule has 1 aromatic heterocycles. The number of ether oxygens (including phenoxy) is 1. The standard InChI is InChI=1S/C21H33N5O3/c1-4-25-8-10-26(11-9-25)14-19(27)16-28-20-7-5-6-18(12-20)13-24(3)15-21-22-17(2)29-23-21/h5-7,12,19,27H,4,8-11,13-16H2,1-3H3/t19-/m0/s1. The topological polar surface area (TPSA) is 78.1 Å². The van der Waals surface area contributed by atoms with Gasteiger partial charge in [0.15, 0.2) is 5.82 Å². The number of hydrogen-bond donors (Lipinski definition) is 1. The van der Waals surface area contributed by atoms with Crippen molar-refractivity contribution in [3.63, 3.8) is 0 Å². The third-order valence-electron chi connectivity index (χ3n) is 5.16. The number of aromatic nitrogens is 2. The van der Waals surface area contributed by atoms with E-state index in [0.717, 1.165) is 50.6 Å². The van der Waals surface area contributed by atoms with Gasteiger partial charge in [0.1, 0.15) is 18.5 Å². The maximum atomic E-state index is 10.4. The van der Waals surface area contributed by atoms with Crippen LogP contribution in [0.3, 0.4) is 0 Å². The minimum atomic E-state index is -0.490. The predicted octanol–water partition coefficient (Wildman–Crippen LogP) is 1.39. The first kappa shape index (κ1) is 21.7. The molecule has 1 aliphatic heterocycles. The summed E-state index contributed by atoms with van der Waals surface area (Å²) in [6, 6.07) is 7.99. The van der Waals surface area contributed by atoms with Crippen LogP contribution in [0.15, 0.2) is 28.8 Å². The molecule has 0 unspecified atom stereocenters. The number of aliphatic hydroxyl groups excluding tert-OH is 1. The van der Waals surface area contributed by atoms with Crippen LogP contribution in [-0.4, -0.2) is 89.0 Å². The lowest BCUT2D eigenvalue weighted by molar-refractivity contribution is 0.0470. The van der Waals surface area contributed by atoms with E-state index >= 15 is 0 Å². The Kier molecular flexibility index (Phi) is 8.00. The van der Waals surface area contributed by atoms with E-state index in [1.54, 1.807) is 6.92 Å². The van der Waals surface area contributed by atoms with Gasteiger partial charge in [-0.05, 0) is 31.3 Å². The molecule has 29 heavy (non-hydrogen) atoms. The molecule has 2 heterocycles. The summed E-state index contributed by atoms with van der Waals surface area (Å²) < 4.78 is 10.9. The van der Waals surface area contributed by atoms with Crippen LogP contribution in [0.25, 0.3) is 0 Å². The predicted molar refractivity (Wildman–Crippen MR) is 111 cm³/mol. The number of rotatable bonds is 10. The van der Waals surface area contributed by atoms with Crippen molar-refractivity contribution in [2.75, 3.05) is 52.9 Å². The summed E-state index contributed by atoms with van der Waals surface area (Å²) in [5.41, 5.74) is 1.13. The summed E-state index contributed by atoms with van der Waals surface area (Å²) in [6.45, 7) is 11.6. The second kappa shape index (κ2) is 10.7. The Morgan fingerprint density at radius 2 is 1.97 bits per heavy atom. The number of aliphatic hydroxyl groups is 1. The molecule has 1 atom stereocenters. The maximum absolute atomic E-state index is 10.4. The zero-order chi connectivity index (χ0) is 20.6. The van der Waals surface area contributed by atoms with E-state index in [4.69, 9.17) is 9.26 Å². The lowest BCUT2D eigenvalue weighted by atomic mass is 10.2. The highest BCUT2D eigenvalue weighted by Crippen LogP contribution is 2.16. The minimum absolute atomic E-state index is 0.301. The average molecular weight is 404 g/mol. The normalized spacial score (nSPS) is 17.0. The van der Waals surface area contributed by atoms with Crippen LogP contribution in [-0.2, 0) is 13.1 Å². The molecule has 1 aliphatic rings. The molecular weight excluding hydrogens is 370 g/mol. The van der Waals surface area contributed by atoms with E-state index in [2.05, 4.69) is 37.8 Å². The molecule has 0 amide bonds. The maximum Gasteiger partial charge on any atom is 0.223 e. The molecule has 0 saturated carbocycles. The molecular formula is C21H33N5O3. The van der Waals surface area contributed by atoms with Gasteiger partial charge < -0.3 is 19.3 Å². The molecule has 3 rings (SSSR count).